The summed E-state index contributed by atoms with van der Waals surface area (Å²) in [6.45, 7) is 0. The van der Waals surface area contributed by atoms with Crippen molar-refractivity contribution in [3.8, 4) is 5.75 Å². The van der Waals surface area contributed by atoms with Crippen LogP contribution in [0, 0.1) is 5.82 Å². The molecule has 0 spiro atoms. The number of urea groups is 1. The zero-order chi connectivity index (χ0) is 15.9. The average Bonchev–Trinajstić information content (AvgIpc) is 2.49. The van der Waals surface area contributed by atoms with E-state index in [1.807, 2.05) is 5.43 Å². The van der Waals surface area contributed by atoms with Gasteiger partial charge in [0, 0.05) is 0 Å². The third kappa shape index (κ3) is 4.14. The Morgan fingerprint density at radius 3 is 2.45 bits per heavy atom. The van der Waals surface area contributed by atoms with Crippen molar-refractivity contribution in [3.05, 3.63) is 65.5 Å². The number of benzene rings is 2. The minimum absolute atomic E-state index is 0.140. The summed E-state index contributed by atoms with van der Waals surface area (Å²) in [7, 11) is 0. The summed E-state index contributed by atoms with van der Waals surface area (Å²) in [5.41, 5.74) is 7.41. The molecule has 0 saturated heterocycles. The van der Waals surface area contributed by atoms with Crippen molar-refractivity contribution in [1.82, 2.24) is 5.43 Å². The van der Waals surface area contributed by atoms with E-state index >= 15 is 0 Å². The van der Waals surface area contributed by atoms with Gasteiger partial charge in [-0.3, -0.25) is 0 Å². The fourth-order valence-corrected chi connectivity index (χ4v) is 1.58. The molecule has 0 unspecified atom stereocenters. The van der Waals surface area contributed by atoms with Crippen LogP contribution in [-0.2, 0) is 0 Å². The number of ether oxygens (including phenoxy) is 1. The van der Waals surface area contributed by atoms with Gasteiger partial charge in [-0.05, 0) is 42.0 Å². The number of hydrogen-bond acceptors (Lipinski definition) is 4. The molecule has 112 valence electrons. The van der Waals surface area contributed by atoms with Crippen LogP contribution in [0.25, 0.3) is 0 Å². The Bertz CT molecular complexity index is 714. The number of nitrogens with one attached hydrogen (secondary N) is 1. The third-order valence-electron chi connectivity index (χ3n) is 2.57. The number of hydrazone groups is 1. The van der Waals surface area contributed by atoms with Crippen molar-refractivity contribution in [2.24, 2.45) is 10.8 Å². The Balaban J connectivity index is 2.02. The molecule has 0 atom stereocenters. The smallest absolute Gasteiger partial charge is 0.346 e. The molecule has 7 heteroatoms. The van der Waals surface area contributed by atoms with Crippen LogP contribution < -0.4 is 15.9 Å². The maximum atomic E-state index is 13.4. The first-order valence-electron chi connectivity index (χ1n) is 6.21. The maximum Gasteiger partial charge on any atom is 0.346 e. The molecule has 0 heterocycles. The van der Waals surface area contributed by atoms with Crippen molar-refractivity contribution >= 4 is 18.2 Å². The number of amides is 2. The predicted molar refractivity (Wildman–Crippen MR) is 78.1 cm³/mol. The summed E-state index contributed by atoms with van der Waals surface area (Å²) >= 11 is 0. The Morgan fingerprint density at radius 2 is 1.82 bits per heavy atom. The molecule has 2 aromatic carbocycles. The largest absolute Gasteiger partial charge is 0.423 e. The van der Waals surface area contributed by atoms with Crippen molar-refractivity contribution < 1.29 is 18.7 Å². The molecule has 0 aliphatic rings. The molecule has 0 aromatic heterocycles. The molecule has 0 bridgehead atoms. The van der Waals surface area contributed by atoms with Crippen LogP contribution in [0.2, 0.25) is 0 Å². The van der Waals surface area contributed by atoms with E-state index in [2.05, 4.69) is 5.10 Å². The fraction of sp³-hybridized carbons (Fsp3) is 0. The maximum absolute atomic E-state index is 13.4. The van der Waals surface area contributed by atoms with Crippen molar-refractivity contribution in [1.29, 1.82) is 0 Å². The third-order valence-corrected chi connectivity index (χ3v) is 2.57. The van der Waals surface area contributed by atoms with E-state index in [9.17, 15) is 14.0 Å². The van der Waals surface area contributed by atoms with Gasteiger partial charge in [0.1, 0.15) is 11.6 Å². The zero-order valence-electron chi connectivity index (χ0n) is 11.3. The average molecular weight is 301 g/mol. The Labute approximate surface area is 125 Å². The molecule has 2 aromatic rings. The second kappa shape index (κ2) is 6.98. The molecule has 2 amide bonds. The van der Waals surface area contributed by atoms with E-state index in [0.717, 1.165) is 0 Å². The number of nitrogens with zero attached hydrogens (tertiary/aromatic N) is 1. The van der Waals surface area contributed by atoms with Gasteiger partial charge in [-0.2, -0.15) is 5.10 Å². The second-order valence-electron chi connectivity index (χ2n) is 4.17. The van der Waals surface area contributed by atoms with Gasteiger partial charge >= 0.3 is 12.0 Å². The minimum Gasteiger partial charge on any atom is -0.423 e. The summed E-state index contributed by atoms with van der Waals surface area (Å²) in [6, 6.07) is 11.0. The van der Waals surface area contributed by atoms with E-state index in [-0.39, 0.29) is 11.3 Å². The van der Waals surface area contributed by atoms with Gasteiger partial charge in [-0.15, -0.1) is 0 Å². The number of carbonyl (C=O) groups is 2. The van der Waals surface area contributed by atoms with Gasteiger partial charge < -0.3 is 10.5 Å². The SMILES string of the molecule is NC(=O)N/N=C/c1ccc(OC(=O)c2ccccc2F)cc1. The first kappa shape index (κ1) is 15.2. The van der Waals surface area contributed by atoms with E-state index in [1.54, 1.807) is 18.2 Å². The number of halogens is 1. The lowest BCUT2D eigenvalue weighted by atomic mass is 10.2. The lowest BCUT2D eigenvalue weighted by Crippen LogP contribution is -2.24. The van der Waals surface area contributed by atoms with E-state index in [4.69, 9.17) is 10.5 Å². The normalized spacial score (nSPS) is 10.4. The number of rotatable bonds is 4. The number of esters is 1. The Hall–Kier alpha value is -3.22. The molecule has 0 aliphatic carbocycles. The Kier molecular flexibility index (Phi) is 4.81. The number of carbonyl (C=O) groups excluding carboxylic acids is 2. The van der Waals surface area contributed by atoms with E-state index in [1.165, 1.54) is 36.5 Å². The van der Waals surface area contributed by atoms with Gasteiger partial charge in [0.15, 0.2) is 0 Å². The topological polar surface area (TPSA) is 93.8 Å². The monoisotopic (exact) mass is 301 g/mol. The predicted octanol–water partition coefficient (Wildman–Crippen LogP) is 2.05. The molecule has 0 saturated carbocycles. The van der Waals surface area contributed by atoms with Crippen LogP contribution in [0.5, 0.6) is 5.75 Å². The number of hydrogen-bond donors (Lipinski definition) is 2. The van der Waals surface area contributed by atoms with Gasteiger partial charge in [-0.25, -0.2) is 19.4 Å². The molecule has 0 fully saturated rings. The van der Waals surface area contributed by atoms with Crippen LogP contribution >= 0.6 is 0 Å². The van der Waals surface area contributed by atoms with Crippen LogP contribution in [0.15, 0.2) is 53.6 Å². The van der Waals surface area contributed by atoms with Gasteiger partial charge in [-0.1, -0.05) is 12.1 Å². The lowest BCUT2D eigenvalue weighted by Gasteiger charge is -2.05. The summed E-state index contributed by atoms with van der Waals surface area (Å²) in [4.78, 5) is 22.3. The molecule has 2 rings (SSSR count). The van der Waals surface area contributed by atoms with Gasteiger partial charge in [0.25, 0.3) is 0 Å². The van der Waals surface area contributed by atoms with Crippen LogP contribution in [0.1, 0.15) is 15.9 Å². The summed E-state index contributed by atoms with van der Waals surface area (Å²) in [5, 5.41) is 3.58. The van der Waals surface area contributed by atoms with Crippen molar-refractivity contribution in [2.75, 3.05) is 0 Å². The van der Waals surface area contributed by atoms with Crippen LogP contribution in [0.3, 0.4) is 0 Å². The zero-order valence-corrected chi connectivity index (χ0v) is 11.3. The first-order chi connectivity index (χ1) is 10.6. The number of nitrogens with two attached hydrogens (primary N) is 1. The van der Waals surface area contributed by atoms with Crippen molar-refractivity contribution in [2.45, 2.75) is 0 Å². The van der Waals surface area contributed by atoms with Gasteiger partial charge in [0.05, 0.1) is 11.8 Å². The van der Waals surface area contributed by atoms with E-state index in [0.29, 0.717) is 5.56 Å². The fourth-order valence-electron chi connectivity index (χ4n) is 1.58. The molecular weight excluding hydrogens is 289 g/mol. The Morgan fingerprint density at radius 1 is 1.14 bits per heavy atom. The highest BCUT2D eigenvalue weighted by molar-refractivity contribution is 5.91. The minimum atomic E-state index is -0.782. The molecule has 6 nitrogen and oxygen atoms in total. The molecular formula is C15H12FN3O3. The molecule has 3 N–H and O–H groups in total. The highest BCUT2D eigenvalue weighted by atomic mass is 19.1. The summed E-state index contributed by atoms with van der Waals surface area (Å²) in [5.74, 6) is -1.17. The molecule has 0 radical (unpaired) electrons. The summed E-state index contributed by atoms with van der Waals surface area (Å²) in [6.07, 6.45) is 1.37. The van der Waals surface area contributed by atoms with Crippen molar-refractivity contribution in [3.63, 3.8) is 0 Å². The molecule has 22 heavy (non-hydrogen) atoms. The highest BCUT2D eigenvalue weighted by Gasteiger charge is 2.12. The lowest BCUT2D eigenvalue weighted by molar-refractivity contribution is 0.0730. The van der Waals surface area contributed by atoms with Crippen LogP contribution in [0.4, 0.5) is 9.18 Å². The number of primary amides is 1. The van der Waals surface area contributed by atoms with Crippen LogP contribution in [-0.4, -0.2) is 18.2 Å². The molecule has 0 aliphatic heterocycles. The first-order valence-corrected chi connectivity index (χ1v) is 6.21. The summed E-state index contributed by atoms with van der Waals surface area (Å²) < 4.78 is 18.5. The highest BCUT2D eigenvalue weighted by Crippen LogP contribution is 2.15. The standard InChI is InChI=1S/C15H12FN3O3/c16-13-4-2-1-3-12(13)14(20)22-11-7-5-10(6-8-11)9-18-19-15(17)21/h1-9H,(H3,17,19,21)/b18-9+. The van der Waals surface area contributed by atoms with E-state index < -0.39 is 17.8 Å². The quantitative estimate of drug-likeness (QED) is 0.391. The van der Waals surface area contributed by atoms with Gasteiger partial charge in [0.2, 0.25) is 0 Å². The second-order valence-corrected chi connectivity index (χ2v) is 4.17.